The van der Waals surface area contributed by atoms with Gasteiger partial charge in [0.25, 0.3) is 5.56 Å². The summed E-state index contributed by atoms with van der Waals surface area (Å²) in [7, 11) is 0. The lowest BCUT2D eigenvalue weighted by Crippen LogP contribution is -2.25. The van der Waals surface area contributed by atoms with Gasteiger partial charge >= 0.3 is 0 Å². The summed E-state index contributed by atoms with van der Waals surface area (Å²) in [6.07, 6.45) is 4.26. The fourth-order valence-electron chi connectivity index (χ4n) is 3.37. The van der Waals surface area contributed by atoms with Crippen molar-refractivity contribution in [3.63, 3.8) is 0 Å². The average molecular weight is 444 g/mol. The quantitative estimate of drug-likeness (QED) is 0.463. The summed E-state index contributed by atoms with van der Waals surface area (Å²) < 4.78 is 23.2. The Morgan fingerprint density at radius 2 is 1.90 bits per heavy atom. The first-order valence-electron chi connectivity index (χ1n) is 9.87. The number of nitrogens with zero attached hydrogens (tertiary/aromatic N) is 2. The van der Waals surface area contributed by atoms with Crippen molar-refractivity contribution in [3.05, 3.63) is 81.2 Å². The molecule has 0 saturated carbocycles. The topological polar surface area (TPSA) is 75.0 Å². The molecule has 30 heavy (non-hydrogen) atoms. The van der Waals surface area contributed by atoms with Crippen LogP contribution in [0.1, 0.15) is 37.8 Å². The third-order valence-electron chi connectivity index (χ3n) is 4.89. The second-order valence-corrected chi connectivity index (χ2v) is 9.00. The Hall–Kier alpha value is -2.28. The largest absolute Gasteiger partial charge is 0.772 e. The second-order valence-electron chi connectivity index (χ2n) is 7.66. The summed E-state index contributed by atoms with van der Waals surface area (Å²) in [5, 5.41) is 4.93. The van der Waals surface area contributed by atoms with Gasteiger partial charge in [0.1, 0.15) is 0 Å². The molecule has 0 spiro atoms. The fourth-order valence-corrected chi connectivity index (χ4v) is 4.02. The lowest BCUT2D eigenvalue weighted by molar-refractivity contribution is 0.536. The van der Waals surface area contributed by atoms with E-state index >= 15 is 0 Å². The molecular weight excluding hydrogens is 420 g/mol. The number of halogens is 1. The lowest BCUT2D eigenvalue weighted by Gasteiger charge is -2.14. The lowest BCUT2D eigenvalue weighted by atomic mass is 9.96. The molecule has 2 aromatic carbocycles. The Morgan fingerprint density at radius 1 is 1.17 bits per heavy atom. The maximum atomic E-state index is 13.3. The molecule has 1 unspecified atom stereocenters. The van der Waals surface area contributed by atoms with Crippen molar-refractivity contribution in [1.29, 1.82) is 0 Å². The third kappa shape index (κ3) is 5.65. The molecule has 0 aliphatic heterocycles. The van der Waals surface area contributed by atoms with E-state index in [1.54, 1.807) is 42.6 Å². The van der Waals surface area contributed by atoms with Crippen LogP contribution in [0, 0.1) is 5.92 Å². The van der Waals surface area contributed by atoms with E-state index in [1.807, 2.05) is 12.1 Å². The average Bonchev–Trinajstić information content (AvgIpc) is 2.69. The van der Waals surface area contributed by atoms with Crippen molar-refractivity contribution in [2.75, 3.05) is 0 Å². The highest BCUT2D eigenvalue weighted by atomic mass is 35.5. The van der Waals surface area contributed by atoms with Gasteiger partial charge in [0, 0.05) is 21.9 Å². The van der Waals surface area contributed by atoms with Crippen molar-refractivity contribution >= 4 is 22.7 Å². The molecule has 0 aliphatic rings. The molecule has 0 aliphatic carbocycles. The summed E-state index contributed by atoms with van der Waals surface area (Å²) in [4.78, 5) is 13.3. The molecule has 1 atom stereocenters. The van der Waals surface area contributed by atoms with Gasteiger partial charge in [-0.1, -0.05) is 73.3 Å². The minimum atomic E-state index is -2.14. The van der Waals surface area contributed by atoms with E-state index in [4.69, 9.17) is 11.6 Å². The van der Waals surface area contributed by atoms with Crippen LogP contribution in [0.15, 0.2) is 59.5 Å². The Bertz CT molecular complexity index is 1090. The third-order valence-corrected chi connectivity index (χ3v) is 5.69. The minimum Gasteiger partial charge on any atom is -0.772 e. The SMILES string of the molecule is CC(C)CCCc1c(-c2ccc(CS(=O)[O-])cc2)cnn(-c2cccc(Cl)c2)c1=O. The number of rotatable bonds is 8. The van der Waals surface area contributed by atoms with E-state index in [9.17, 15) is 13.6 Å². The zero-order valence-electron chi connectivity index (χ0n) is 17.0. The molecule has 0 bridgehead atoms. The monoisotopic (exact) mass is 443 g/mol. The zero-order chi connectivity index (χ0) is 21.7. The first kappa shape index (κ1) is 22.4. The van der Waals surface area contributed by atoms with Gasteiger partial charge in [0.2, 0.25) is 0 Å². The van der Waals surface area contributed by atoms with Gasteiger partial charge in [0.05, 0.1) is 11.9 Å². The van der Waals surface area contributed by atoms with Crippen LogP contribution in [0.5, 0.6) is 0 Å². The maximum Gasteiger partial charge on any atom is 0.275 e. The molecule has 0 radical (unpaired) electrons. The number of hydrogen-bond donors (Lipinski definition) is 0. The van der Waals surface area contributed by atoms with E-state index in [2.05, 4.69) is 18.9 Å². The van der Waals surface area contributed by atoms with Crippen LogP contribution in [-0.4, -0.2) is 18.5 Å². The maximum absolute atomic E-state index is 13.3. The highest BCUT2D eigenvalue weighted by Crippen LogP contribution is 2.24. The van der Waals surface area contributed by atoms with Gasteiger partial charge in [-0.15, -0.1) is 0 Å². The van der Waals surface area contributed by atoms with Crippen LogP contribution < -0.4 is 5.56 Å². The Balaban J connectivity index is 2.04. The highest BCUT2D eigenvalue weighted by molar-refractivity contribution is 7.78. The van der Waals surface area contributed by atoms with E-state index in [1.165, 1.54) is 4.68 Å². The molecule has 3 rings (SSSR count). The molecule has 1 heterocycles. The molecule has 0 fully saturated rings. The van der Waals surface area contributed by atoms with Gasteiger partial charge in [-0.2, -0.15) is 9.78 Å². The number of benzene rings is 2. The highest BCUT2D eigenvalue weighted by Gasteiger charge is 2.15. The Kier molecular flexibility index (Phi) is 7.58. The first-order chi connectivity index (χ1) is 14.3. The van der Waals surface area contributed by atoms with E-state index in [0.717, 1.165) is 24.0 Å². The van der Waals surface area contributed by atoms with Gasteiger partial charge < -0.3 is 4.55 Å². The van der Waals surface area contributed by atoms with Crippen LogP contribution in [0.2, 0.25) is 5.02 Å². The first-order valence-corrected chi connectivity index (χ1v) is 11.5. The summed E-state index contributed by atoms with van der Waals surface area (Å²) in [6, 6.07) is 14.3. The Labute approximate surface area is 184 Å². The predicted octanol–water partition coefficient (Wildman–Crippen LogP) is 4.91. The predicted molar refractivity (Wildman–Crippen MR) is 121 cm³/mol. The van der Waals surface area contributed by atoms with E-state index in [0.29, 0.717) is 34.2 Å². The molecule has 5 nitrogen and oxygen atoms in total. The summed E-state index contributed by atoms with van der Waals surface area (Å²) >= 11 is 3.96. The molecule has 3 aromatic rings. The summed E-state index contributed by atoms with van der Waals surface area (Å²) in [5.41, 5.74) is 3.48. The Morgan fingerprint density at radius 3 is 2.53 bits per heavy atom. The normalized spacial score (nSPS) is 12.3. The van der Waals surface area contributed by atoms with Crippen LogP contribution in [0.4, 0.5) is 0 Å². The van der Waals surface area contributed by atoms with Gasteiger partial charge in [-0.3, -0.25) is 9.00 Å². The van der Waals surface area contributed by atoms with Crippen molar-refractivity contribution in [3.8, 4) is 16.8 Å². The second kappa shape index (κ2) is 10.2. The van der Waals surface area contributed by atoms with Gasteiger partial charge in [-0.05, 0) is 48.1 Å². The van der Waals surface area contributed by atoms with E-state index in [-0.39, 0.29) is 11.3 Å². The molecular formula is C23H24ClN2O3S-. The molecule has 7 heteroatoms. The molecule has 1 aromatic heterocycles. The standard InChI is InChI=1S/C23H25ClN2O3S/c1-16(2)5-3-8-21-22(18-11-9-17(10-12-18)15-30(28)29)14-25-26(23(21)27)20-7-4-6-19(24)13-20/h4,6-7,9-14,16H,3,5,8,15H2,1-2H3,(H,28,29)/p-1. The van der Waals surface area contributed by atoms with Crippen molar-refractivity contribution in [2.24, 2.45) is 5.92 Å². The summed E-state index contributed by atoms with van der Waals surface area (Å²) in [5.74, 6) is 0.522. The number of aromatic nitrogens is 2. The van der Waals surface area contributed by atoms with Crippen molar-refractivity contribution < 1.29 is 8.76 Å². The smallest absolute Gasteiger partial charge is 0.275 e. The zero-order valence-corrected chi connectivity index (χ0v) is 18.6. The van der Waals surface area contributed by atoms with E-state index < -0.39 is 11.1 Å². The van der Waals surface area contributed by atoms with Crippen LogP contribution >= 0.6 is 11.6 Å². The molecule has 0 amide bonds. The molecule has 0 saturated heterocycles. The van der Waals surface area contributed by atoms with Crippen LogP contribution in [0.3, 0.4) is 0 Å². The summed E-state index contributed by atoms with van der Waals surface area (Å²) in [6.45, 7) is 4.33. The van der Waals surface area contributed by atoms with Crippen LogP contribution in [0.25, 0.3) is 16.8 Å². The van der Waals surface area contributed by atoms with Gasteiger partial charge in [0.15, 0.2) is 0 Å². The number of hydrogen-bond acceptors (Lipinski definition) is 4. The molecule has 158 valence electrons. The fraction of sp³-hybridized carbons (Fsp3) is 0.304. The van der Waals surface area contributed by atoms with Crippen LogP contribution in [-0.2, 0) is 23.3 Å². The minimum absolute atomic E-state index is 0.0316. The van der Waals surface area contributed by atoms with Crippen molar-refractivity contribution in [1.82, 2.24) is 9.78 Å². The van der Waals surface area contributed by atoms with Crippen molar-refractivity contribution in [2.45, 2.75) is 38.9 Å². The molecule has 0 N–H and O–H groups in total. The van der Waals surface area contributed by atoms with Gasteiger partial charge in [-0.25, -0.2) is 0 Å².